The Kier molecular flexibility index (Phi) is 4.38. The smallest absolute Gasteiger partial charge is 0.258 e. The second-order valence-electron chi connectivity index (χ2n) is 6.27. The van der Waals surface area contributed by atoms with Gasteiger partial charge in [0, 0.05) is 18.7 Å². The van der Waals surface area contributed by atoms with Gasteiger partial charge in [-0.1, -0.05) is 0 Å². The second-order valence-corrected chi connectivity index (χ2v) is 7.30. The summed E-state index contributed by atoms with van der Waals surface area (Å²) in [6.45, 7) is 3.05. The third-order valence-corrected chi connectivity index (χ3v) is 5.62. The molecular weight excluding hydrogens is 378 g/mol. The largest absolute Gasteiger partial charge is 0.497 e. The molecule has 1 aliphatic heterocycles. The molecule has 0 radical (unpaired) electrons. The molecule has 4 aromatic rings. The quantitative estimate of drug-likeness (QED) is 0.520. The summed E-state index contributed by atoms with van der Waals surface area (Å²) >= 11 is 1.52. The standard InChI is InChI=1S/C19H17N5O3S/c1-25-13-4-2-12(3-5-13)17-22-23-18(27-17)15-10-14-16(20-11-21-19(14)28-15)24-6-8-26-9-7-24/h2-5,10-11H,6-9H2,1H3. The molecule has 0 bridgehead atoms. The van der Waals surface area contributed by atoms with Crippen molar-refractivity contribution in [3.63, 3.8) is 0 Å². The van der Waals surface area contributed by atoms with Crippen LogP contribution < -0.4 is 9.64 Å². The predicted molar refractivity (Wildman–Crippen MR) is 106 cm³/mol. The van der Waals surface area contributed by atoms with Gasteiger partial charge >= 0.3 is 0 Å². The van der Waals surface area contributed by atoms with E-state index in [0.717, 1.165) is 45.3 Å². The van der Waals surface area contributed by atoms with E-state index >= 15 is 0 Å². The molecule has 0 aliphatic carbocycles. The number of methoxy groups -OCH3 is 1. The van der Waals surface area contributed by atoms with Crippen LogP contribution in [0, 0.1) is 0 Å². The first kappa shape index (κ1) is 17.1. The molecule has 0 atom stereocenters. The van der Waals surface area contributed by atoms with E-state index < -0.39 is 0 Å². The minimum atomic E-state index is 0.467. The molecule has 4 heterocycles. The van der Waals surface area contributed by atoms with Crippen LogP contribution in [0.4, 0.5) is 5.82 Å². The highest BCUT2D eigenvalue weighted by molar-refractivity contribution is 7.21. The fourth-order valence-electron chi connectivity index (χ4n) is 3.15. The van der Waals surface area contributed by atoms with Crippen molar-refractivity contribution in [2.75, 3.05) is 38.3 Å². The molecule has 142 valence electrons. The van der Waals surface area contributed by atoms with Gasteiger partial charge in [-0.25, -0.2) is 9.97 Å². The first-order chi connectivity index (χ1) is 13.8. The molecule has 9 heteroatoms. The normalized spacial score (nSPS) is 14.5. The Morgan fingerprint density at radius 3 is 2.61 bits per heavy atom. The number of aromatic nitrogens is 4. The summed E-state index contributed by atoms with van der Waals surface area (Å²) in [5.74, 6) is 2.64. The van der Waals surface area contributed by atoms with E-state index in [9.17, 15) is 0 Å². The lowest BCUT2D eigenvalue weighted by Gasteiger charge is -2.28. The van der Waals surface area contributed by atoms with Crippen molar-refractivity contribution in [2.45, 2.75) is 0 Å². The average molecular weight is 395 g/mol. The van der Waals surface area contributed by atoms with E-state index in [-0.39, 0.29) is 0 Å². The highest BCUT2D eigenvalue weighted by Gasteiger charge is 2.20. The summed E-state index contributed by atoms with van der Waals surface area (Å²) in [4.78, 5) is 12.9. The number of hydrogen-bond acceptors (Lipinski definition) is 9. The van der Waals surface area contributed by atoms with E-state index in [2.05, 4.69) is 25.1 Å². The molecule has 0 unspecified atom stereocenters. The van der Waals surface area contributed by atoms with Gasteiger partial charge in [-0.3, -0.25) is 0 Å². The summed E-state index contributed by atoms with van der Waals surface area (Å²) < 4.78 is 16.5. The van der Waals surface area contributed by atoms with E-state index in [1.165, 1.54) is 11.3 Å². The van der Waals surface area contributed by atoms with Crippen LogP contribution in [-0.4, -0.2) is 53.6 Å². The van der Waals surface area contributed by atoms with E-state index in [1.54, 1.807) is 13.4 Å². The number of thiophene rings is 1. The van der Waals surface area contributed by atoms with Crippen LogP contribution >= 0.6 is 11.3 Å². The van der Waals surface area contributed by atoms with Gasteiger partial charge in [0.2, 0.25) is 5.89 Å². The molecule has 0 spiro atoms. The Morgan fingerprint density at radius 2 is 1.82 bits per heavy atom. The van der Waals surface area contributed by atoms with Gasteiger partial charge in [-0.15, -0.1) is 21.5 Å². The van der Waals surface area contributed by atoms with Crippen molar-refractivity contribution >= 4 is 27.4 Å². The highest BCUT2D eigenvalue weighted by atomic mass is 32.1. The molecule has 1 aromatic carbocycles. The molecule has 0 N–H and O–H groups in total. The highest BCUT2D eigenvalue weighted by Crippen LogP contribution is 2.36. The third-order valence-electron chi connectivity index (χ3n) is 4.59. The van der Waals surface area contributed by atoms with Gasteiger partial charge < -0.3 is 18.8 Å². The molecule has 28 heavy (non-hydrogen) atoms. The fraction of sp³-hybridized carbons (Fsp3) is 0.263. The number of nitrogens with zero attached hydrogens (tertiary/aromatic N) is 5. The summed E-state index contributed by atoms with van der Waals surface area (Å²) in [5.41, 5.74) is 0.842. The Bertz CT molecular complexity index is 1100. The zero-order chi connectivity index (χ0) is 18.9. The SMILES string of the molecule is COc1ccc(-c2nnc(-c3cc4c(N5CCOCC5)ncnc4s3)o2)cc1. The maximum atomic E-state index is 5.91. The van der Waals surface area contributed by atoms with E-state index in [1.807, 2.05) is 30.3 Å². The average Bonchev–Trinajstić information content (AvgIpc) is 3.41. The summed E-state index contributed by atoms with van der Waals surface area (Å²) in [5, 5.41) is 9.40. The van der Waals surface area contributed by atoms with E-state index in [0.29, 0.717) is 25.0 Å². The van der Waals surface area contributed by atoms with Gasteiger partial charge in [0.05, 0.1) is 30.6 Å². The Balaban J connectivity index is 1.49. The molecule has 1 saturated heterocycles. The summed E-state index contributed by atoms with van der Waals surface area (Å²) in [6.07, 6.45) is 1.60. The zero-order valence-electron chi connectivity index (χ0n) is 15.2. The lowest BCUT2D eigenvalue weighted by Crippen LogP contribution is -2.36. The number of rotatable bonds is 4. The monoisotopic (exact) mass is 395 g/mol. The second kappa shape index (κ2) is 7.17. The van der Waals surface area contributed by atoms with Gasteiger partial charge in [-0.2, -0.15) is 0 Å². The minimum Gasteiger partial charge on any atom is -0.497 e. The molecule has 0 saturated carbocycles. The predicted octanol–water partition coefficient (Wildman–Crippen LogP) is 3.25. The Hall–Kier alpha value is -3.04. The maximum absolute atomic E-state index is 5.91. The molecule has 0 amide bonds. The van der Waals surface area contributed by atoms with Crippen LogP contribution in [0.2, 0.25) is 0 Å². The number of hydrogen-bond donors (Lipinski definition) is 0. The summed E-state index contributed by atoms with van der Waals surface area (Å²) in [6, 6.07) is 9.54. The minimum absolute atomic E-state index is 0.467. The van der Waals surface area contributed by atoms with Crippen molar-refractivity contribution in [2.24, 2.45) is 0 Å². The van der Waals surface area contributed by atoms with E-state index in [4.69, 9.17) is 13.9 Å². The topological polar surface area (TPSA) is 86.4 Å². The molecular formula is C19H17N5O3S. The fourth-order valence-corrected chi connectivity index (χ4v) is 4.06. The van der Waals surface area contributed by atoms with Crippen LogP contribution in [0.3, 0.4) is 0 Å². The van der Waals surface area contributed by atoms with Gasteiger partial charge in [0.15, 0.2) is 0 Å². The van der Waals surface area contributed by atoms with Crippen LogP contribution in [-0.2, 0) is 4.74 Å². The molecule has 1 fully saturated rings. The molecule has 5 rings (SSSR count). The van der Waals surface area contributed by atoms with Crippen LogP contribution in [0.5, 0.6) is 5.75 Å². The van der Waals surface area contributed by atoms with Crippen LogP contribution in [0.25, 0.3) is 32.4 Å². The number of ether oxygens (including phenoxy) is 2. The van der Waals surface area contributed by atoms with Gasteiger partial charge in [0.1, 0.15) is 22.7 Å². The Labute approximate surface area is 164 Å². The van der Waals surface area contributed by atoms with Crippen LogP contribution in [0.1, 0.15) is 0 Å². The van der Waals surface area contributed by atoms with Crippen molar-refractivity contribution in [3.05, 3.63) is 36.7 Å². The lowest BCUT2D eigenvalue weighted by atomic mass is 10.2. The first-order valence-electron chi connectivity index (χ1n) is 8.87. The number of fused-ring (bicyclic) bond motifs is 1. The van der Waals surface area contributed by atoms with Gasteiger partial charge in [-0.05, 0) is 30.3 Å². The summed E-state index contributed by atoms with van der Waals surface area (Å²) in [7, 11) is 1.63. The van der Waals surface area contributed by atoms with Crippen LogP contribution in [0.15, 0.2) is 41.1 Å². The van der Waals surface area contributed by atoms with Crippen molar-refractivity contribution in [3.8, 4) is 28.0 Å². The van der Waals surface area contributed by atoms with Crippen molar-refractivity contribution < 1.29 is 13.9 Å². The Morgan fingerprint density at radius 1 is 1.04 bits per heavy atom. The maximum Gasteiger partial charge on any atom is 0.258 e. The number of morpholine rings is 1. The zero-order valence-corrected chi connectivity index (χ0v) is 16.0. The molecule has 8 nitrogen and oxygen atoms in total. The first-order valence-corrected chi connectivity index (χ1v) is 9.69. The molecule has 1 aliphatic rings. The number of benzene rings is 1. The lowest BCUT2D eigenvalue weighted by molar-refractivity contribution is 0.122. The van der Waals surface area contributed by atoms with Crippen molar-refractivity contribution in [1.29, 1.82) is 0 Å². The molecule has 3 aromatic heterocycles. The van der Waals surface area contributed by atoms with Crippen molar-refractivity contribution in [1.82, 2.24) is 20.2 Å². The third kappa shape index (κ3) is 3.08. The number of anilines is 1. The van der Waals surface area contributed by atoms with Gasteiger partial charge in [0.25, 0.3) is 5.89 Å².